The van der Waals surface area contributed by atoms with Crippen molar-refractivity contribution in [2.24, 2.45) is 0 Å². The Morgan fingerprint density at radius 1 is 1.14 bits per heavy atom. The number of ether oxygens (including phenoxy) is 2. The summed E-state index contributed by atoms with van der Waals surface area (Å²) in [5.74, 6) is 0.232. The molecule has 0 radical (unpaired) electrons. The maximum atomic E-state index is 12.6. The van der Waals surface area contributed by atoms with Gasteiger partial charge in [0.15, 0.2) is 0 Å². The highest BCUT2D eigenvalue weighted by atomic mass is 79.9. The first kappa shape index (κ1) is 22.2. The number of benzene rings is 2. The van der Waals surface area contributed by atoms with Crippen LogP contribution in [0.25, 0.3) is 6.08 Å². The Hall–Kier alpha value is -1.51. The van der Waals surface area contributed by atoms with Gasteiger partial charge in [-0.2, -0.15) is 0 Å². The van der Waals surface area contributed by atoms with Gasteiger partial charge in [-0.05, 0) is 53.7 Å². The maximum absolute atomic E-state index is 12.6. The van der Waals surface area contributed by atoms with E-state index in [1.807, 2.05) is 18.2 Å². The van der Waals surface area contributed by atoms with E-state index < -0.39 is 0 Å². The summed E-state index contributed by atoms with van der Waals surface area (Å²) in [6, 6.07) is 10.7. The van der Waals surface area contributed by atoms with Crippen molar-refractivity contribution in [3.63, 3.8) is 0 Å². The minimum Gasteiger partial charge on any atom is -0.488 e. The molecule has 1 heterocycles. The molecule has 0 bridgehead atoms. The second kappa shape index (κ2) is 10.00. The second-order valence-corrected chi connectivity index (χ2v) is 8.77. The fraction of sp³-hybridized carbons (Fsp3) is 0.200. The lowest BCUT2D eigenvalue weighted by Crippen LogP contribution is -2.31. The van der Waals surface area contributed by atoms with Crippen molar-refractivity contribution in [2.75, 3.05) is 20.3 Å². The van der Waals surface area contributed by atoms with Crippen molar-refractivity contribution >= 4 is 68.1 Å². The fourth-order valence-corrected chi connectivity index (χ4v) is 4.13. The Bertz CT molecular complexity index is 983. The summed E-state index contributed by atoms with van der Waals surface area (Å²) >= 11 is 16.3. The lowest BCUT2D eigenvalue weighted by Gasteiger charge is -2.12. The molecular weight excluding hydrogens is 501 g/mol. The van der Waals surface area contributed by atoms with Gasteiger partial charge in [-0.25, -0.2) is 0 Å². The topological polar surface area (TPSA) is 55.8 Å². The molecule has 0 saturated carbocycles. The summed E-state index contributed by atoms with van der Waals surface area (Å²) < 4.78 is 11.7. The number of imide groups is 1. The summed E-state index contributed by atoms with van der Waals surface area (Å²) in [6.07, 6.45) is 1.66. The van der Waals surface area contributed by atoms with Gasteiger partial charge in [0.25, 0.3) is 11.1 Å². The van der Waals surface area contributed by atoms with Gasteiger partial charge in [-0.3, -0.25) is 14.5 Å². The number of halogens is 3. The van der Waals surface area contributed by atoms with Crippen molar-refractivity contribution in [2.45, 2.75) is 6.61 Å². The molecule has 29 heavy (non-hydrogen) atoms. The Morgan fingerprint density at radius 2 is 1.93 bits per heavy atom. The number of hydrogen-bond donors (Lipinski definition) is 0. The largest absolute Gasteiger partial charge is 0.488 e. The molecule has 2 amide bonds. The number of carbonyl (C=O) groups excluding carboxylic acids is 2. The highest BCUT2D eigenvalue weighted by molar-refractivity contribution is 9.10. The molecule has 9 heteroatoms. The minimum atomic E-state index is -0.340. The van der Waals surface area contributed by atoms with Crippen LogP contribution in [0, 0.1) is 0 Å². The van der Waals surface area contributed by atoms with Crippen molar-refractivity contribution in [3.05, 3.63) is 66.9 Å². The van der Waals surface area contributed by atoms with Crippen LogP contribution in [0.5, 0.6) is 5.75 Å². The third-order valence-electron chi connectivity index (χ3n) is 4.03. The van der Waals surface area contributed by atoms with Crippen molar-refractivity contribution in [1.29, 1.82) is 0 Å². The van der Waals surface area contributed by atoms with Crippen LogP contribution in [0.2, 0.25) is 10.0 Å². The van der Waals surface area contributed by atoms with Crippen LogP contribution in [0.4, 0.5) is 4.79 Å². The normalized spacial score (nSPS) is 15.4. The highest BCUT2D eigenvalue weighted by Crippen LogP contribution is 2.35. The summed E-state index contributed by atoms with van der Waals surface area (Å²) in [7, 11) is 1.52. The number of hydrogen-bond acceptors (Lipinski definition) is 5. The number of rotatable bonds is 7. The molecule has 0 spiro atoms. The lowest BCUT2D eigenvalue weighted by molar-refractivity contribution is -0.123. The Kier molecular flexibility index (Phi) is 7.65. The van der Waals surface area contributed by atoms with Crippen molar-refractivity contribution < 1.29 is 19.1 Å². The zero-order chi connectivity index (χ0) is 21.0. The predicted octanol–water partition coefficient (Wildman–Crippen LogP) is 6.02. The number of amides is 2. The highest BCUT2D eigenvalue weighted by Gasteiger charge is 2.34. The summed E-state index contributed by atoms with van der Waals surface area (Å²) in [5.41, 5.74) is 1.53. The molecule has 1 fully saturated rings. The number of thioether (sulfide) groups is 1. The fourth-order valence-electron chi connectivity index (χ4n) is 2.57. The average molecular weight is 517 g/mol. The third kappa shape index (κ3) is 5.55. The van der Waals surface area contributed by atoms with Crippen LogP contribution >= 0.6 is 50.9 Å². The molecule has 0 aromatic heterocycles. The zero-order valence-corrected chi connectivity index (χ0v) is 19.2. The summed E-state index contributed by atoms with van der Waals surface area (Å²) in [4.78, 5) is 26.2. The van der Waals surface area contributed by atoms with E-state index in [2.05, 4.69) is 15.9 Å². The number of nitrogens with zero attached hydrogens (tertiary/aromatic N) is 1. The van der Waals surface area contributed by atoms with Crippen LogP contribution in [0.3, 0.4) is 0 Å². The molecular formula is C20H16BrCl2NO4S. The van der Waals surface area contributed by atoms with Crippen LogP contribution < -0.4 is 4.74 Å². The molecule has 152 valence electrons. The van der Waals surface area contributed by atoms with Crippen LogP contribution in [0.15, 0.2) is 45.8 Å². The lowest BCUT2D eigenvalue weighted by atomic mass is 10.1. The number of carbonyl (C=O) groups is 2. The quantitative estimate of drug-likeness (QED) is 0.421. The molecule has 0 aliphatic carbocycles. The first-order valence-corrected chi connectivity index (χ1v) is 10.9. The van der Waals surface area contributed by atoms with E-state index in [-0.39, 0.29) is 24.3 Å². The monoisotopic (exact) mass is 515 g/mol. The Labute approximate surface area is 191 Å². The zero-order valence-electron chi connectivity index (χ0n) is 15.3. The smallest absolute Gasteiger partial charge is 0.293 e. The molecule has 3 rings (SSSR count). The molecule has 0 unspecified atom stereocenters. The molecule has 0 N–H and O–H groups in total. The van der Waals surface area contributed by atoms with Crippen LogP contribution in [0.1, 0.15) is 11.1 Å². The molecule has 0 atom stereocenters. The van der Waals surface area contributed by atoms with Gasteiger partial charge in [0.2, 0.25) is 0 Å². The summed E-state index contributed by atoms with van der Waals surface area (Å²) in [6.45, 7) is 0.784. The first-order valence-electron chi connectivity index (χ1n) is 8.49. The van der Waals surface area contributed by atoms with Gasteiger partial charge >= 0.3 is 0 Å². The van der Waals surface area contributed by atoms with E-state index in [4.69, 9.17) is 32.7 Å². The Balaban J connectivity index is 1.81. The third-order valence-corrected chi connectivity index (χ3v) is 6.17. The standard InChI is InChI=1S/C20H16BrCl2NO4S/c1-27-7-6-24-19(25)18(29-20(24)26)10-13-9-14(21)3-5-17(13)28-11-12-2-4-15(22)16(23)8-12/h2-5,8-10H,6-7,11H2,1H3/b18-10+. The molecule has 2 aromatic rings. The molecule has 5 nitrogen and oxygen atoms in total. The van der Waals surface area contributed by atoms with Crippen molar-refractivity contribution in [1.82, 2.24) is 4.90 Å². The first-order chi connectivity index (χ1) is 13.9. The second-order valence-electron chi connectivity index (χ2n) is 6.05. The van der Waals surface area contributed by atoms with Gasteiger partial charge in [0.1, 0.15) is 12.4 Å². The van der Waals surface area contributed by atoms with Crippen molar-refractivity contribution in [3.8, 4) is 5.75 Å². The van der Waals surface area contributed by atoms with Crippen LogP contribution in [-0.2, 0) is 16.1 Å². The van der Waals surface area contributed by atoms with E-state index in [9.17, 15) is 9.59 Å². The maximum Gasteiger partial charge on any atom is 0.293 e. The van der Waals surface area contributed by atoms with E-state index in [0.29, 0.717) is 32.9 Å². The predicted molar refractivity (Wildman–Crippen MR) is 119 cm³/mol. The minimum absolute atomic E-state index is 0.220. The van der Waals surface area contributed by atoms with Gasteiger partial charge < -0.3 is 9.47 Å². The SMILES string of the molecule is COCCN1C(=O)S/C(=C/c2cc(Br)ccc2OCc2ccc(Cl)c(Cl)c2)C1=O. The molecule has 2 aromatic carbocycles. The van der Waals surface area contributed by atoms with Gasteiger partial charge in [0.05, 0.1) is 28.1 Å². The van der Waals surface area contributed by atoms with E-state index in [1.165, 1.54) is 12.0 Å². The molecule has 1 saturated heterocycles. The van der Waals surface area contributed by atoms with Crippen LogP contribution in [-0.4, -0.2) is 36.3 Å². The van der Waals surface area contributed by atoms with E-state index >= 15 is 0 Å². The Morgan fingerprint density at radius 3 is 2.66 bits per heavy atom. The average Bonchev–Trinajstić information content (AvgIpc) is 2.95. The van der Waals surface area contributed by atoms with E-state index in [0.717, 1.165) is 21.8 Å². The van der Waals surface area contributed by atoms with Gasteiger partial charge in [-0.1, -0.05) is 45.2 Å². The molecule has 1 aliphatic heterocycles. The van der Waals surface area contributed by atoms with E-state index in [1.54, 1.807) is 24.3 Å². The summed E-state index contributed by atoms with van der Waals surface area (Å²) in [5, 5.41) is 0.615. The van der Waals surface area contributed by atoms with Gasteiger partial charge in [-0.15, -0.1) is 0 Å². The van der Waals surface area contributed by atoms with Gasteiger partial charge in [0, 0.05) is 17.1 Å². The number of methoxy groups -OCH3 is 1. The molecule has 1 aliphatic rings.